The second-order valence-electron chi connectivity index (χ2n) is 28.6. The zero-order chi connectivity index (χ0) is 81.6. The number of nitrogens with zero attached hydrogens (tertiary/aromatic N) is 8. The summed E-state index contributed by atoms with van der Waals surface area (Å²) in [6.45, 7) is 44.1. The Bertz CT molecular complexity index is 2380. The van der Waals surface area contributed by atoms with Crippen molar-refractivity contribution in [3.63, 3.8) is 0 Å². The molecule has 4 N–H and O–H groups in total. The van der Waals surface area contributed by atoms with E-state index in [1.165, 1.54) is 51.0 Å². The summed E-state index contributed by atoms with van der Waals surface area (Å²) in [4.78, 5) is 140. The Morgan fingerprint density at radius 3 is 1.27 bits per heavy atom. The van der Waals surface area contributed by atoms with Crippen molar-refractivity contribution in [3.05, 3.63) is 42.8 Å². The van der Waals surface area contributed by atoms with Crippen molar-refractivity contribution in [1.29, 1.82) is 0 Å². The molecule has 1 aromatic carbocycles. The Morgan fingerprint density at radius 2 is 0.973 bits per heavy atom. The minimum Gasteiger partial charge on any atom is -1.00 e. The first-order valence-electron chi connectivity index (χ1n) is 37.5. The van der Waals surface area contributed by atoms with Gasteiger partial charge in [-0.25, -0.2) is 0 Å². The lowest BCUT2D eigenvalue weighted by Gasteiger charge is -2.25. The minimum atomic E-state index is -1.03. The van der Waals surface area contributed by atoms with Crippen LogP contribution < -0.4 is 39.9 Å². The Balaban J connectivity index is -0.0000000861. The number of carbonyl (C=O) groups is 12. The molecule has 3 heterocycles. The average Bonchev–Trinajstić information content (AvgIpc) is 1.05. The molecule has 3 aliphatic rings. The SMILES string of the molecule is CC(=O)CC1CCCN1.CC(=O)CCCN(C)C.CC(=O)CCC[N+](C)(C)C.CC(=O)CCN(C)C.CC(=O)CN(C)C.CC(=O)CN1CCCC1.CC(=O)CN1CCOCC1.CC(=O)NCC(=O)O.CCCN(CCC)Cc1cccc(CC(C)=O)c1.CCN(CC)CCC(C)=O.CNCC(C)=O.Cl.Cl.Cl.Cl.[CH3-].[I-]. The monoisotopic (exact) mass is 1770 g/mol. The first-order valence-corrected chi connectivity index (χ1v) is 37.5. The van der Waals surface area contributed by atoms with Crippen LogP contribution in [0.3, 0.4) is 0 Å². The first-order chi connectivity index (χ1) is 48.4. The summed E-state index contributed by atoms with van der Waals surface area (Å²) >= 11 is 0. The van der Waals surface area contributed by atoms with Crippen LogP contribution in [0.2, 0.25) is 0 Å². The van der Waals surface area contributed by atoms with E-state index in [1.807, 2.05) is 58.2 Å². The van der Waals surface area contributed by atoms with Gasteiger partial charge in [0.2, 0.25) is 5.91 Å². The number of likely N-dealkylation sites (tertiary alicyclic amines) is 1. The number of carboxylic acids is 1. The van der Waals surface area contributed by atoms with Crippen LogP contribution in [-0.4, -0.2) is 321 Å². The molecular weight excluding hydrogens is 1610 g/mol. The number of carboxylic acid groups (broad SMARTS) is 1. The summed E-state index contributed by atoms with van der Waals surface area (Å²) < 4.78 is 6.08. The maximum absolute atomic E-state index is 11.1. The van der Waals surface area contributed by atoms with Gasteiger partial charge in [0, 0.05) is 90.6 Å². The summed E-state index contributed by atoms with van der Waals surface area (Å²) in [7, 11) is 19.9. The molecule has 1 amide bonds. The highest BCUT2D eigenvalue weighted by Crippen LogP contribution is 2.11. The smallest absolute Gasteiger partial charge is 0.322 e. The number of aliphatic carboxylic acids is 1. The van der Waals surface area contributed by atoms with Gasteiger partial charge in [-0.15, -0.1) is 49.6 Å². The first kappa shape index (κ1) is 135. The second-order valence-corrected chi connectivity index (χ2v) is 28.6. The van der Waals surface area contributed by atoms with Gasteiger partial charge in [-0.2, -0.15) is 0 Å². The fourth-order valence-electron chi connectivity index (χ4n) is 9.47. The predicted molar refractivity (Wildman–Crippen MR) is 461 cm³/mol. The standard InChI is InChI=1S/C16H25NO.C8H18NO.C8H17NO.C7H13NO2.2C7H13NO.C7H15NO.C6H13NO.C5H11NO.C4H7NO3.C4H9NO.CH3.4ClH.HI/c1-4-9-17(10-5-2)13-16-8-6-7-15(12-16)11-14(3)18;1-8(10)6-5-7-9(2,3)4;1-4-9(5-2)7-6-8(3)10;1-7(9)6-8-2-4-10-5-3-8;1-6(9)5-7-3-2-4-8-7;1-7(9)6-8-4-2-3-5-8;1-7(9)5-4-6-8(2)3;1-6(8)4-5-7(2)3;1-5(7)4-6(2)3;1-3(6)5-2-4(7)8;1-4(6)3-5-2;;;;;;/h6-8,12H,4-5,9-11,13H2,1-3H3;5-7H2,1-4H3;4-7H2,1-3H3;2-6H2,1H3;7-8H,2-5H2,1H3;2-6H2,1H3;4-6H2,1-3H3;4-5H2,1-3H3;4H2,1-3H3;2H2,1H3,(H,5,6)(H,7,8);5H,3H2,1-2H3;1H3;5*1H/q;+1;;;;;;;;;;-1;;;;;/p-1. The lowest BCUT2D eigenvalue weighted by atomic mass is 10.1. The number of Topliss-reactive ketones (excluding diaryl/α,β-unsaturated/α-hetero) is 10. The number of morpholine rings is 1. The van der Waals surface area contributed by atoms with Crippen LogP contribution in [0.15, 0.2) is 24.3 Å². The fraction of sp³-hybridized carbons (Fsp3) is 0.762. The number of benzene rings is 1. The zero-order valence-electron chi connectivity index (χ0n) is 73.5. The minimum absolute atomic E-state index is 0. The molecule has 1 unspecified atom stereocenters. The van der Waals surface area contributed by atoms with Crippen molar-refractivity contribution in [2.24, 2.45) is 0 Å². The highest BCUT2D eigenvalue weighted by molar-refractivity contribution is 5.86. The van der Waals surface area contributed by atoms with E-state index in [2.05, 4.69) is 107 Å². The lowest BCUT2D eigenvalue weighted by molar-refractivity contribution is -0.870. The van der Waals surface area contributed by atoms with E-state index in [0.717, 1.165) is 147 Å². The van der Waals surface area contributed by atoms with Crippen molar-refractivity contribution in [2.75, 3.05) is 201 Å². The average molecular weight is 1770 g/mol. The highest BCUT2D eigenvalue weighted by Gasteiger charge is 2.16. The molecule has 656 valence electrons. The second kappa shape index (κ2) is 92.5. The van der Waals surface area contributed by atoms with E-state index in [0.29, 0.717) is 63.0 Å². The van der Waals surface area contributed by atoms with Crippen LogP contribution >= 0.6 is 49.6 Å². The van der Waals surface area contributed by atoms with Crippen molar-refractivity contribution >= 4 is 119 Å². The third-order valence-corrected chi connectivity index (χ3v) is 14.4. The number of likely N-dealkylation sites (N-methyl/N-ethyl adjacent to an activating group) is 2. The molecular formula is C80H161Cl4IN11O14-. The topological polar surface area (TPSA) is 293 Å². The molecule has 25 nitrogen and oxygen atoms in total. The number of amides is 1. The van der Waals surface area contributed by atoms with Crippen molar-refractivity contribution in [2.45, 2.75) is 206 Å². The number of ketones is 10. The van der Waals surface area contributed by atoms with Gasteiger partial charge in [0.25, 0.3) is 0 Å². The van der Waals surface area contributed by atoms with Crippen molar-refractivity contribution < 1.29 is 95.8 Å². The van der Waals surface area contributed by atoms with Gasteiger partial charge in [-0.1, -0.05) is 52.0 Å². The van der Waals surface area contributed by atoms with Crippen molar-refractivity contribution in [3.8, 4) is 0 Å². The largest absolute Gasteiger partial charge is 1.00 e. The van der Waals surface area contributed by atoms with Crippen LogP contribution in [0.4, 0.5) is 0 Å². The number of quaternary nitrogens is 1. The number of hydrogen-bond acceptors (Lipinski definition) is 22. The summed E-state index contributed by atoms with van der Waals surface area (Å²) in [5.41, 5.74) is 2.45. The summed E-state index contributed by atoms with van der Waals surface area (Å²) in [6.07, 6.45) is 13.4. The third-order valence-electron chi connectivity index (χ3n) is 14.4. The van der Waals surface area contributed by atoms with Gasteiger partial charge in [0.05, 0.1) is 67.1 Å². The molecule has 0 aliphatic carbocycles. The molecule has 3 fully saturated rings. The molecule has 0 aromatic heterocycles. The highest BCUT2D eigenvalue weighted by atomic mass is 127. The van der Waals surface area contributed by atoms with Gasteiger partial charge in [0.1, 0.15) is 64.4 Å². The number of ether oxygens (including phenoxy) is 1. The van der Waals surface area contributed by atoms with Crippen molar-refractivity contribution in [1.82, 2.24) is 50.2 Å². The molecule has 30 heteroatoms. The van der Waals surface area contributed by atoms with Crippen LogP contribution in [-0.2, 0) is 75.2 Å². The molecule has 0 radical (unpaired) electrons. The molecule has 0 spiro atoms. The van der Waals surface area contributed by atoms with E-state index in [4.69, 9.17) is 9.84 Å². The van der Waals surface area contributed by atoms with Gasteiger partial charge in [-0.3, -0.25) is 62.6 Å². The number of rotatable bonds is 36. The molecule has 3 saturated heterocycles. The molecule has 1 atom stereocenters. The summed E-state index contributed by atoms with van der Waals surface area (Å²) in [5.74, 6) is 1.23. The van der Waals surface area contributed by atoms with Gasteiger partial charge >= 0.3 is 5.97 Å². The molecule has 1 aromatic rings. The fourth-order valence-corrected chi connectivity index (χ4v) is 9.47. The van der Waals surface area contributed by atoms with Crippen LogP contribution in [0.1, 0.15) is 198 Å². The van der Waals surface area contributed by atoms with Crippen LogP contribution in [0, 0.1) is 7.43 Å². The molecule has 0 saturated carbocycles. The third kappa shape index (κ3) is 128. The number of hydrogen-bond donors (Lipinski definition) is 4. The summed E-state index contributed by atoms with van der Waals surface area (Å²) in [6, 6.07) is 8.91. The summed E-state index contributed by atoms with van der Waals surface area (Å²) in [5, 5.41) is 16.0. The van der Waals surface area contributed by atoms with E-state index in [-0.39, 0.29) is 140 Å². The Kier molecular flexibility index (Phi) is 114. The molecule has 0 bridgehead atoms. The van der Waals surface area contributed by atoms with E-state index in [1.54, 1.807) is 76.3 Å². The number of nitrogens with one attached hydrogen (secondary N) is 3. The molecule has 3 aliphatic heterocycles. The Morgan fingerprint density at radius 1 is 0.527 bits per heavy atom. The van der Waals surface area contributed by atoms with E-state index in [9.17, 15) is 57.5 Å². The zero-order valence-corrected chi connectivity index (χ0v) is 78.9. The molecule has 4 rings (SSSR count). The normalized spacial score (nSPS) is 12.8. The Hall–Kier alpha value is -3.69. The number of carbonyl (C=O) groups excluding carboxylic acids is 11. The maximum Gasteiger partial charge on any atom is 0.322 e. The van der Waals surface area contributed by atoms with Gasteiger partial charge in [0.15, 0.2) is 0 Å². The van der Waals surface area contributed by atoms with Gasteiger partial charge < -0.3 is 90.9 Å². The lowest BCUT2D eigenvalue weighted by Crippen LogP contribution is -3.00. The van der Waals surface area contributed by atoms with Crippen LogP contribution in [0.5, 0.6) is 0 Å². The predicted octanol–water partition coefficient (Wildman–Crippen LogP) is 6.83. The Labute approximate surface area is 711 Å². The van der Waals surface area contributed by atoms with Crippen LogP contribution in [0.25, 0.3) is 0 Å². The van der Waals surface area contributed by atoms with E-state index < -0.39 is 5.97 Å². The maximum atomic E-state index is 11.1. The quantitative estimate of drug-likeness (QED) is 0.0304. The number of halogens is 5. The van der Waals surface area contributed by atoms with E-state index >= 15 is 0 Å². The molecule has 110 heavy (non-hydrogen) atoms. The van der Waals surface area contributed by atoms with Gasteiger partial charge in [-0.05, 0) is 227 Å².